The third kappa shape index (κ3) is 2.40. The van der Waals surface area contributed by atoms with E-state index in [0.717, 1.165) is 12.8 Å². The lowest BCUT2D eigenvalue weighted by molar-refractivity contribution is -0.138. The fourth-order valence-electron chi connectivity index (χ4n) is 1.68. The number of hydrogen-bond acceptors (Lipinski definition) is 4. The molecule has 1 N–H and O–H groups in total. The number of rotatable bonds is 5. The maximum atomic E-state index is 10.7. The normalized spacial score (nSPS) is 23.7. The third-order valence-electron chi connectivity index (χ3n) is 2.85. The molecular weight excluding hydrogens is 208 g/mol. The van der Waals surface area contributed by atoms with Gasteiger partial charge in [0.15, 0.2) is 5.82 Å². The highest BCUT2D eigenvalue weighted by atomic mass is 16.5. The van der Waals surface area contributed by atoms with Crippen molar-refractivity contribution in [2.45, 2.75) is 39.0 Å². The predicted molar refractivity (Wildman–Crippen MR) is 55.9 cm³/mol. The minimum atomic E-state index is -0.771. The molecule has 0 amide bonds. The van der Waals surface area contributed by atoms with Crippen molar-refractivity contribution < 1.29 is 14.4 Å². The molecule has 0 saturated heterocycles. The molecule has 0 radical (unpaired) electrons. The van der Waals surface area contributed by atoms with Crippen LogP contribution in [-0.4, -0.2) is 21.2 Å². The highest BCUT2D eigenvalue weighted by Crippen LogP contribution is 2.46. The molecule has 2 unspecified atom stereocenters. The molecule has 1 aliphatic rings. The van der Waals surface area contributed by atoms with Crippen LogP contribution in [0.4, 0.5) is 0 Å². The molecule has 0 bridgehead atoms. The quantitative estimate of drug-likeness (QED) is 0.825. The molecule has 5 nitrogen and oxygen atoms in total. The van der Waals surface area contributed by atoms with E-state index in [0.29, 0.717) is 24.1 Å². The highest BCUT2D eigenvalue weighted by Gasteiger charge is 2.48. The first-order valence-corrected chi connectivity index (χ1v) is 5.63. The Hall–Kier alpha value is -1.39. The van der Waals surface area contributed by atoms with E-state index in [-0.39, 0.29) is 11.8 Å². The van der Waals surface area contributed by atoms with Crippen LogP contribution in [-0.2, 0) is 11.2 Å². The number of nitrogens with zero attached hydrogens (tertiary/aromatic N) is 2. The van der Waals surface area contributed by atoms with Gasteiger partial charge in [-0.25, -0.2) is 0 Å². The van der Waals surface area contributed by atoms with Gasteiger partial charge in [-0.3, -0.25) is 4.79 Å². The minimum Gasteiger partial charge on any atom is -0.481 e. The summed E-state index contributed by atoms with van der Waals surface area (Å²) >= 11 is 0. The molecule has 1 aromatic rings. The molecule has 2 atom stereocenters. The molecule has 0 spiro atoms. The van der Waals surface area contributed by atoms with E-state index in [2.05, 4.69) is 24.0 Å². The molecule has 0 aromatic carbocycles. The standard InChI is InChI=1S/C11H16N2O3/c1-6(2)3-4-9-12-10(16-13-9)7-5-8(7)11(14)15/h6-8H,3-5H2,1-2H3,(H,14,15). The van der Waals surface area contributed by atoms with E-state index in [9.17, 15) is 4.79 Å². The summed E-state index contributed by atoms with van der Waals surface area (Å²) in [5, 5.41) is 12.6. The monoisotopic (exact) mass is 224 g/mol. The number of carboxylic acid groups (broad SMARTS) is 1. The summed E-state index contributed by atoms with van der Waals surface area (Å²) in [5.41, 5.74) is 0. The Morgan fingerprint density at radius 1 is 1.62 bits per heavy atom. The first-order chi connectivity index (χ1) is 7.58. The molecule has 1 aromatic heterocycles. The van der Waals surface area contributed by atoms with E-state index >= 15 is 0 Å². The van der Waals surface area contributed by atoms with Gasteiger partial charge in [0.1, 0.15) is 0 Å². The Morgan fingerprint density at radius 3 is 2.94 bits per heavy atom. The van der Waals surface area contributed by atoms with Crippen LogP contribution in [0.5, 0.6) is 0 Å². The lowest BCUT2D eigenvalue weighted by Gasteiger charge is -1.98. The Kier molecular flexibility index (Phi) is 2.94. The second-order valence-electron chi connectivity index (χ2n) is 4.77. The Morgan fingerprint density at radius 2 is 2.38 bits per heavy atom. The fourth-order valence-corrected chi connectivity index (χ4v) is 1.68. The van der Waals surface area contributed by atoms with E-state index in [1.807, 2.05) is 0 Å². The van der Waals surface area contributed by atoms with Gasteiger partial charge >= 0.3 is 5.97 Å². The van der Waals surface area contributed by atoms with Gasteiger partial charge in [0, 0.05) is 6.42 Å². The Labute approximate surface area is 93.9 Å². The van der Waals surface area contributed by atoms with Crippen molar-refractivity contribution in [2.24, 2.45) is 11.8 Å². The number of aryl methyl sites for hydroxylation is 1. The van der Waals surface area contributed by atoms with Gasteiger partial charge in [-0.1, -0.05) is 19.0 Å². The van der Waals surface area contributed by atoms with Crippen LogP contribution in [0, 0.1) is 11.8 Å². The number of aromatic nitrogens is 2. The first-order valence-electron chi connectivity index (χ1n) is 5.63. The van der Waals surface area contributed by atoms with Gasteiger partial charge in [-0.15, -0.1) is 0 Å². The molecule has 2 rings (SSSR count). The van der Waals surface area contributed by atoms with Crippen LogP contribution in [0.25, 0.3) is 0 Å². The lowest BCUT2D eigenvalue weighted by Crippen LogP contribution is -1.99. The highest BCUT2D eigenvalue weighted by molar-refractivity contribution is 5.74. The molecule has 1 aliphatic carbocycles. The number of carboxylic acids is 1. The average Bonchev–Trinajstić information content (AvgIpc) is 2.88. The second kappa shape index (κ2) is 4.23. The Bertz CT molecular complexity index is 386. The van der Waals surface area contributed by atoms with Crippen LogP contribution in [0.15, 0.2) is 4.52 Å². The number of hydrogen-bond donors (Lipinski definition) is 1. The summed E-state index contributed by atoms with van der Waals surface area (Å²) in [7, 11) is 0. The summed E-state index contributed by atoms with van der Waals surface area (Å²) in [6.07, 6.45) is 2.44. The number of carbonyl (C=O) groups is 1. The zero-order valence-corrected chi connectivity index (χ0v) is 9.51. The molecule has 0 aliphatic heterocycles. The van der Waals surface area contributed by atoms with E-state index in [4.69, 9.17) is 9.63 Å². The van der Waals surface area contributed by atoms with Crippen LogP contribution < -0.4 is 0 Å². The van der Waals surface area contributed by atoms with Gasteiger partial charge in [-0.2, -0.15) is 4.98 Å². The maximum Gasteiger partial charge on any atom is 0.307 e. The van der Waals surface area contributed by atoms with Crippen molar-refractivity contribution >= 4 is 5.97 Å². The van der Waals surface area contributed by atoms with Crippen LogP contribution >= 0.6 is 0 Å². The molecule has 5 heteroatoms. The molecule has 88 valence electrons. The summed E-state index contributed by atoms with van der Waals surface area (Å²) in [4.78, 5) is 14.9. The molecule has 1 saturated carbocycles. The summed E-state index contributed by atoms with van der Waals surface area (Å²) < 4.78 is 5.08. The van der Waals surface area contributed by atoms with E-state index in [1.165, 1.54) is 0 Å². The van der Waals surface area contributed by atoms with Gasteiger partial charge < -0.3 is 9.63 Å². The third-order valence-corrected chi connectivity index (χ3v) is 2.85. The largest absolute Gasteiger partial charge is 0.481 e. The summed E-state index contributed by atoms with van der Waals surface area (Å²) in [5.74, 6) is 0.642. The van der Waals surface area contributed by atoms with Crippen molar-refractivity contribution in [3.63, 3.8) is 0 Å². The molecular formula is C11H16N2O3. The predicted octanol–water partition coefficient (Wildman–Crippen LogP) is 1.85. The van der Waals surface area contributed by atoms with Gasteiger partial charge in [0.05, 0.1) is 11.8 Å². The summed E-state index contributed by atoms with van der Waals surface area (Å²) in [6.45, 7) is 4.28. The van der Waals surface area contributed by atoms with Crippen LogP contribution in [0.2, 0.25) is 0 Å². The zero-order chi connectivity index (χ0) is 11.7. The van der Waals surface area contributed by atoms with Gasteiger partial charge in [-0.05, 0) is 18.8 Å². The molecule has 16 heavy (non-hydrogen) atoms. The number of aliphatic carboxylic acids is 1. The lowest BCUT2D eigenvalue weighted by atomic mass is 10.1. The van der Waals surface area contributed by atoms with E-state index in [1.54, 1.807) is 0 Å². The average molecular weight is 224 g/mol. The summed E-state index contributed by atoms with van der Waals surface area (Å²) in [6, 6.07) is 0. The van der Waals surface area contributed by atoms with Gasteiger partial charge in [0.25, 0.3) is 0 Å². The van der Waals surface area contributed by atoms with Crippen molar-refractivity contribution in [2.75, 3.05) is 0 Å². The van der Waals surface area contributed by atoms with Crippen LogP contribution in [0.1, 0.15) is 44.3 Å². The molecule has 1 heterocycles. The second-order valence-corrected chi connectivity index (χ2v) is 4.77. The minimum absolute atomic E-state index is 0.0576. The maximum absolute atomic E-state index is 10.7. The Balaban J connectivity index is 1.91. The topological polar surface area (TPSA) is 76.2 Å². The van der Waals surface area contributed by atoms with Crippen molar-refractivity contribution in [3.8, 4) is 0 Å². The van der Waals surface area contributed by atoms with Crippen LogP contribution in [0.3, 0.4) is 0 Å². The SMILES string of the molecule is CC(C)CCc1noc(C2CC2C(=O)O)n1. The van der Waals surface area contributed by atoms with Crippen molar-refractivity contribution in [1.29, 1.82) is 0 Å². The zero-order valence-electron chi connectivity index (χ0n) is 9.51. The smallest absolute Gasteiger partial charge is 0.307 e. The first kappa shape index (κ1) is 11.1. The fraction of sp³-hybridized carbons (Fsp3) is 0.727. The molecule has 1 fully saturated rings. The van der Waals surface area contributed by atoms with E-state index < -0.39 is 5.97 Å². The van der Waals surface area contributed by atoms with Crippen molar-refractivity contribution in [1.82, 2.24) is 10.1 Å². The van der Waals surface area contributed by atoms with Gasteiger partial charge in [0.2, 0.25) is 5.89 Å². The van der Waals surface area contributed by atoms with Crippen molar-refractivity contribution in [3.05, 3.63) is 11.7 Å².